The van der Waals surface area contributed by atoms with Gasteiger partial charge in [-0.2, -0.15) is 0 Å². The van der Waals surface area contributed by atoms with Gasteiger partial charge >= 0.3 is 0 Å². The molecule has 2 N–H and O–H groups in total. The maximum Gasteiger partial charge on any atom is 0.181 e. The van der Waals surface area contributed by atoms with Crippen LogP contribution in [0.4, 0.5) is 8.78 Å². The van der Waals surface area contributed by atoms with E-state index in [4.69, 9.17) is 21.9 Å². The minimum atomic E-state index is -2.86. The minimum absolute atomic E-state index is 0.00858. The Kier molecular flexibility index (Phi) is 6.19. The molecule has 0 radical (unpaired) electrons. The third-order valence-corrected chi connectivity index (χ3v) is 9.52. The summed E-state index contributed by atoms with van der Waals surface area (Å²) in [5.41, 5.74) is 5.31. The third kappa shape index (κ3) is 3.96. The number of alkyl halides is 1. The Balaban J connectivity index is 1.80. The SMILES string of the molecule is CN=[S@]1(=O)CC[C@@](CF)(c2cc(-c3cc(-c4ncc(Cl)cn4)no3)ccc2F)N=C(N)C1(C)C. The van der Waals surface area contributed by atoms with Crippen LogP contribution >= 0.6 is 11.6 Å². The van der Waals surface area contributed by atoms with Crippen LogP contribution in [-0.4, -0.2) is 49.4 Å². The summed E-state index contributed by atoms with van der Waals surface area (Å²) in [6.45, 7) is 2.26. The van der Waals surface area contributed by atoms with Crippen molar-refractivity contribution in [3.05, 3.63) is 53.1 Å². The Labute approximate surface area is 200 Å². The first-order valence-corrected chi connectivity index (χ1v) is 12.4. The topological polar surface area (TPSA) is 120 Å². The zero-order valence-electron chi connectivity index (χ0n) is 18.8. The second-order valence-corrected chi connectivity index (χ2v) is 12.0. The molecule has 0 saturated carbocycles. The van der Waals surface area contributed by atoms with Crippen molar-refractivity contribution in [2.24, 2.45) is 15.1 Å². The van der Waals surface area contributed by atoms with Crippen LogP contribution < -0.4 is 5.73 Å². The zero-order chi connectivity index (χ0) is 24.7. The molecule has 180 valence electrons. The van der Waals surface area contributed by atoms with Crippen LogP contribution in [0.1, 0.15) is 25.8 Å². The number of aromatic nitrogens is 3. The third-order valence-electron chi connectivity index (χ3n) is 6.17. The van der Waals surface area contributed by atoms with Gasteiger partial charge in [0.15, 0.2) is 17.3 Å². The van der Waals surface area contributed by atoms with Gasteiger partial charge in [-0.1, -0.05) is 16.8 Å². The van der Waals surface area contributed by atoms with E-state index in [-0.39, 0.29) is 23.6 Å². The molecule has 4 rings (SSSR count). The zero-order valence-corrected chi connectivity index (χ0v) is 20.3. The molecule has 0 spiro atoms. The smallest absolute Gasteiger partial charge is 0.181 e. The average Bonchev–Trinajstić information content (AvgIpc) is 3.30. The van der Waals surface area contributed by atoms with Gasteiger partial charge in [-0.25, -0.2) is 27.3 Å². The number of rotatable bonds is 4. The van der Waals surface area contributed by atoms with Gasteiger partial charge in [0.2, 0.25) is 0 Å². The monoisotopic (exact) mass is 508 g/mol. The van der Waals surface area contributed by atoms with Gasteiger partial charge in [-0.3, -0.25) is 4.99 Å². The number of aliphatic imine (C=N–C) groups is 1. The molecule has 0 amide bonds. The quantitative estimate of drug-likeness (QED) is 0.558. The molecule has 1 aromatic carbocycles. The largest absolute Gasteiger partial charge is 0.386 e. The van der Waals surface area contributed by atoms with Crippen molar-refractivity contribution in [1.29, 1.82) is 0 Å². The molecule has 34 heavy (non-hydrogen) atoms. The Morgan fingerprint density at radius 2 is 1.97 bits per heavy atom. The van der Waals surface area contributed by atoms with Gasteiger partial charge in [0.05, 0.1) is 14.8 Å². The van der Waals surface area contributed by atoms with E-state index >= 15 is 4.39 Å². The van der Waals surface area contributed by atoms with E-state index in [1.165, 1.54) is 37.6 Å². The predicted molar refractivity (Wildman–Crippen MR) is 127 cm³/mol. The summed E-state index contributed by atoms with van der Waals surface area (Å²) in [6.07, 6.45) is 2.82. The second-order valence-electron chi connectivity index (χ2n) is 8.45. The maximum absolute atomic E-state index is 15.1. The van der Waals surface area contributed by atoms with Crippen molar-refractivity contribution < 1.29 is 17.5 Å². The van der Waals surface area contributed by atoms with E-state index in [0.29, 0.717) is 27.9 Å². The number of halogens is 3. The van der Waals surface area contributed by atoms with Gasteiger partial charge < -0.3 is 10.3 Å². The molecular weight excluding hydrogens is 486 g/mol. The highest BCUT2D eigenvalue weighted by molar-refractivity contribution is 7.95. The average molecular weight is 509 g/mol. The molecule has 1 aliphatic rings. The highest BCUT2D eigenvalue weighted by Gasteiger charge is 2.45. The van der Waals surface area contributed by atoms with E-state index in [2.05, 4.69) is 24.5 Å². The Hall–Kier alpha value is -2.92. The Morgan fingerprint density at radius 1 is 1.26 bits per heavy atom. The summed E-state index contributed by atoms with van der Waals surface area (Å²) in [7, 11) is -1.42. The summed E-state index contributed by atoms with van der Waals surface area (Å²) >= 11 is 5.82. The molecule has 0 fully saturated rings. The van der Waals surface area contributed by atoms with Crippen LogP contribution in [0.15, 0.2) is 50.5 Å². The number of amidine groups is 1. The number of nitrogens with zero attached hydrogens (tertiary/aromatic N) is 5. The van der Waals surface area contributed by atoms with Crippen molar-refractivity contribution in [2.45, 2.75) is 30.6 Å². The molecular formula is C22H23ClF2N6O2S. The molecule has 8 nitrogen and oxygen atoms in total. The van der Waals surface area contributed by atoms with Crippen molar-refractivity contribution in [1.82, 2.24) is 15.1 Å². The van der Waals surface area contributed by atoms with E-state index < -0.39 is 32.5 Å². The number of hydrogen-bond donors (Lipinski definition) is 1. The molecule has 12 heteroatoms. The minimum Gasteiger partial charge on any atom is -0.386 e. The van der Waals surface area contributed by atoms with E-state index in [9.17, 15) is 8.60 Å². The van der Waals surface area contributed by atoms with Crippen LogP contribution in [0.3, 0.4) is 0 Å². The lowest BCUT2D eigenvalue weighted by Gasteiger charge is -2.27. The summed E-state index contributed by atoms with van der Waals surface area (Å²) in [4.78, 5) is 12.6. The van der Waals surface area contributed by atoms with Crippen molar-refractivity contribution >= 4 is 27.2 Å². The molecule has 0 aliphatic carbocycles. The fraction of sp³-hybridized carbons (Fsp3) is 0.364. The van der Waals surface area contributed by atoms with E-state index in [1.54, 1.807) is 19.9 Å². The molecule has 2 atom stereocenters. The molecule has 3 aromatic rings. The molecule has 1 aliphatic heterocycles. The fourth-order valence-corrected chi connectivity index (χ4v) is 6.06. The standard InChI is InChI=1S/C22H23ClF2N6O2S/c1-21(2)20(26)30-22(12-24,6-7-34(21,32)27-3)15-8-13(4-5-16(15)25)18-9-17(31-33-18)19-28-10-14(23)11-29-19/h4-5,8-11H,6-7,12H2,1-3H3,(H2,26,30)/t22-,34+/m1/s1. The van der Waals surface area contributed by atoms with Gasteiger partial charge in [-0.05, 0) is 38.5 Å². The second kappa shape index (κ2) is 8.70. The van der Waals surface area contributed by atoms with Crippen LogP contribution in [0, 0.1) is 5.82 Å². The van der Waals surface area contributed by atoms with E-state index in [1.807, 2.05) is 0 Å². The van der Waals surface area contributed by atoms with Crippen molar-refractivity contribution in [3.63, 3.8) is 0 Å². The highest BCUT2D eigenvalue weighted by Crippen LogP contribution is 2.40. The fourth-order valence-electron chi connectivity index (χ4n) is 3.83. The number of benzene rings is 1. The van der Waals surface area contributed by atoms with Gasteiger partial charge in [-0.15, -0.1) is 0 Å². The highest BCUT2D eigenvalue weighted by atomic mass is 35.5. The van der Waals surface area contributed by atoms with Gasteiger partial charge in [0.25, 0.3) is 0 Å². The lowest BCUT2D eigenvalue weighted by Crippen LogP contribution is -2.45. The first-order valence-electron chi connectivity index (χ1n) is 10.3. The van der Waals surface area contributed by atoms with Crippen LogP contribution in [0.25, 0.3) is 22.8 Å². The van der Waals surface area contributed by atoms with Crippen LogP contribution in [0.5, 0.6) is 0 Å². The molecule has 0 bridgehead atoms. The molecule has 0 saturated heterocycles. The summed E-state index contributed by atoms with van der Waals surface area (Å²) in [6, 6.07) is 5.71. The summed E-state index contributed by atoms with van der Waals surface area (Å²) in [5, 5.41) is 4.34. The summed E-state index contributed by atoms with van der Waals surface area (Å²) in [5.74, 6) is -0.108. The lowest BCUT2D eigenvalue weighted by molar-refractivity contribution is 0.298. The lowest BCUT2D eigenvalue weighted by atomic mass is 9.87. The first-order chi connectivity index (χ1) is 16.0. The van der Waals surface area contributed by atoms with Crippen LogP contribution in [0.2, 0.25) is 5.02 Å². The molecule has 2 aromatic heterocycles. The van der Waals surface area contributed by atoms with Gasteiger partial charge in [0.1, 0.15) is 28.6 Å². The van der Waals surface area contributed by atoms with E-state index in [0.717, 1.165) is 0 Å². The normalized spacial score (nSPS) is 24.4. The molecule has 0 unspecified atom stereocenters. The number of nitrogens with two attached hydrogens (primary N) is 1. The van der Waals surface area contributed by atoms with Gasteiger partial charge in [0, 0.05) is 42.4 Å². The molecule has 3 heterocycles. The first kappa shape index (κ1) is 24.2. The summed E-state index contributed by atoms with van der Waals surface area (Å²) < 4.78 is 51.5. The van der Waals surface area contributed by atoms with Crippen molar-refractivity contribution in [2.75, 3.05) is 19.5 Å². The Morgan fingerprint density at radius 3 is 2.62 bits per heavy atom. The van der Waals surface area contributed by atoms with Crippen molar-refractivity contribution in [3.8, 4) is 22.8 Å². The predicted octanol–water partition coefficient (Wildman–Crippen LogP) is 4.39. The maximum atomic E-state index is 15.1. The van der Waals surface area contributed by atoms with Crippen LogP contribution in [-0.2, 0) is 15.3 Å². The Bertz CT molecular complexity index is 1380. The number of hydrogen-bond acceptors (Lipinski definition) is 8.